The molecule has 92 valence electrons. The fourth-order valence-electron chi connectivity index (χ4n) is 1.10. The zero-order chi connectivity index (χ0) is 13.0. The lowest BCUT2D eigenvalue weighted by atomic mass is 10.2. The summed E-state index contributed by atoms with van der Waals surface area (Å²) in [5, 5.41) is 14.3. The Morgan fingerprint density at radius 3 is 2.65 bits per heavy atom. The predicted molar refractivity (Wildman–Crippen MR) is 53.9 cm³/mol. The maximum absolute atomic E-state index is 11.5. The van der Waals surface area contributed by atoms with Crippen LogP contribution in [0.3, 0.4) is 0 Å². The lowest BCUT2D eigenvalue weighted by Crippen LogP contribution is -2.43. The number of carboxylic acid groups (broad SMARTS) is 1. The number of primary amides is 1. The average molecular weight is 241 g/mol. The summed E-state index contributed by atoms with van der Waals surface area (Å²) < 4.78 is 4.64. The number of hydrogen-bond donors (Lipinski definition) is 3. The molecule has 8 nitrogen and oxygen atoms in total. The second-order valence-electron chi connectivity index (χ2n) is 3.37. The van der Waals surface area contributed by atoms with Crippen LogP contribution in [0.25, 0.3) is 0 Å². The Morgan fingerprint density at radius 1 is 1.59 bits per heavy atom. The molecule has 0 aliphatic rings. The molecule has 0 aliphatic heterocycles. The van der Waals surface area contributed by atoms with E-state index in [1.54, 1.807) is 6.92 Å². The molecule has 0 spiro atoms. The van der Waals surface area contributed by atoms with E-state index in [-0.39, 0.29) is 5.76 Å². The average Bonchev–Trinajstić information content (AvgIpc) is 2.63. The lowest BCUT2D eigenvalue weighted by Gasteiger charge is -2.10. The number of amides is 2. The van der Waals surface area contributed by atoms with Crippen LogP contribution < -0.4 is 11.1 Å². The van der Waals surface area contributed by atoms with E-state index in [4.69, 9.17) is 10.8 Å². The van der Waals surface area contributed by atoms with Crippen LogP contribution in [-0.2, 0) is 9.59 Å². The highest BCUT2D eigenvalue weighted by atomic mass is 16.5. The van der Waals surface area contributed by atoms with Crippen molar-refractivity contribution < 1.29 is 24.0 Å². The number of carbonyl (C=O) groups is 3. The van der Waals surface area contributed by atoms with Crippen LogP contribution in [0.1, 0.15) is 22.7 Å². The SMILES string of the molecule is Cc1cc(C(=O)N[C@@H](CC(N)=O)C(=O)O)on1. The molecule has 8 heteroatoms. The van der Waals surface area contributed by atoms with E-state index >= 15 is 0 Å². The summed E-state index contributed by atoms with van der Waals surface area (Å²) in [7, 11) is 0. The standard InChI is InChI=1S/C9H11N3O5/c1-4-2-6(17-12-4)8(14)11-5(9(15)16)3-7(10)13/h2,5H,3H2,1H3,(H2,10,13)(H,11,14)(H,15,16)/t5-/m0/s1. The molecule has 1 aromatic rings. The molecule has 0 saturated heterocycles. The van der Waals surface area contributed by atoms with E-state index in [1.165, 1.54) is 6.07 Å². The van der Waals surface area contributed by atoms with Gasteiger partial charge in [-0.15, -0.1) is 0 Å². The van der Waals surface area contributed by atoms with E-state index in [2.05, 4.69) is 15.0 Å². The summed E-state index contributed by atoms with van der Waals surface area (Å²) in [6, 6.07) is -0.0381. The van der Waals surface area contributed by atoms with E-state index in [9.17, 15) is 14.4 Å². The number of carboxylic acids is 1. The highest BCUT2D eigenvalue weighted by molar-refractivity contribution is 5.95. The van der Waals surface area contributed by atoms with Crippen LogP contribution in [0, 0.1) is 6.92 Å². The first-order valence-corrected chi connectivity index (χ1v) is 4.65. The monoisotopic (exact) mass is 241 g/mol. The molecule has 0 saturated carbocycles. The Morgan fingerprint density at radius 2 is 2.24 bits per heavy atom. The number of nitrogens with two attached hydrogens (primary N) is 1. The van der Waals surface area contributed by atoms with Crippen molar-refractivity contribution in [3.05, 3.63) is 17.5 Å². The van der Waals surface area contributed by atoms with Crippen molar-refractivity contribution in [1.29, 1.82) is 0 Å². The third-order valence-electron chi connectivity index (χ3n) is 1.86. The normalized spacial score (nSPS) is 11.8. The van der Waals surface area contributed by atoms with Gasteiger partial charge in [-0.25, -0.2) is 4.79 Å². The van der Waals surface area contributed by atoms with Gasteiger partial charge in [0, 0.05) is 6.07 Å². The quantitative estimate of drug-likeness (QED) is 0.607. The Hall–Kier alpha value is -2.38. The molecule has 17 heavy (non-hydrogen) atoms. The minimum absolute atomic E-state index is 0.127. The van der Waals surface area contributed by atoms with Gasteiger partial charge in [-0.2, -0.15) is 0 Å². The van der Waals surface area contributed by atoms with E-state index in [0.717, 1.165) is 0 Å². The zero-order valence-electron chi connectivity index (χ0n) is 8.97. The van der Waals surface area contributed by atoms with E-state index < -0.39 is 30.2 Å². The minimum Gasteiger partial charge on any atom is -0.480 e. The Kier molecular flexibility index (Phi) is 3.81. The van der Waals surface area contributed by atoms with Crippen molar-refractivity contribution in [3.63, 3.8) is 0 Å². The number of nitrogens with zero attached hydrogens (tertiary/aromatic N) is 1. The van der Waals surface area contributed by atoms with Gasteiger partial charge in [-0.1, -0.05) is 5.16 Å². The Balaban J connectivity index is 2.70. The van der Waals surface area contributed by atoms with Crippen molar-refractivity contribution in [2.45, 2.75) is 19.4 Å². The summed E-state index contributed by atoms with van der Waals surface area (Å²) in [4.78, 5) is 32.8. The lowest BCUT2D eigenvalue weighted by molar-refractivity contribution is -0.140. The summed E-state index contributed by atoms with van der Waals surface area (Å²) in [6.45, 7) is 1.61. The second kappa shape index (κ2) is 5.10. The van der Waals surface area contributed by atoms with Crippen LogP contribution in [0.4, 0.5) is 0 Å². The number of aromatic nitrogens is 1. The van der Waals surface area contributed by atoms with Crippen molar-refractivity contribution >= 4 is 17.8 Å². The summed E-state index contributed by atoms with van der Waals surface area (Å²) in [5.41, 5.74) is 5.34. The number of aliphatic carboxylic acids is 1. The molecule has 0 radical (unpaired) electrons. The predicted octanol–water partition coefficient (Wildman–Crippen LogP) is -0.959. The molecule has 4 N–H and O–H groups in total. The fourth-order valence-corrected chi connectivity index (χ4v) is 1.10. The Bertz CT molecular complexity index is 453. The minimum atomic E-state index is -1.38. The Labute approximate surface area is 95.8 Å². The van der Waals surface area contributed by atoms with Crippen molar-refractivity contribution in [2.75, 3.05) is 0 Å². The van der Waals surface area contributed by atoms with Crippen LogP contribution in [-0.4, -0.2) is 34.1 Å². The molecule has 0 aromatic carbocycles. The maximum Gasteiger partial charge on any atom is 0.326 e. The van der Waals surface area contributed by atoms with Gasteiger partial charge < -0.3 is 20.7 Å². The van der Waals surface area contributed by atoms with Crippen LogP contribution >= 0.6 is 0 Å². The van der Waals surface area contributed by atoms with Gasteiger partial charge in [-0.05, 0) is 6.92 Å². The highest BCUT2D eigenvalue weighted by Gasteiger charge is 2.24. The number of aryl methyl sites for hydroxylation is 1. The zero-order valence-corrected chi connectivity index (χ0v) is 8.97. The molecule has 2 amide bonds. The van der Waals surface area contributed by atoms with Crippen molar-refractivity contribution in [3.8, 4) is 0 Å². The second-order valence-corrected chi connectivity index (χ2v) is 3.37. The molecule has 0 aliphatic carbocycles. The maximum atomic E-state index is 11.5. The van der Waals surface area contributed by atoms with Gasteiger partial charge in [-0.3, -0.25) is 9.59 Å². The molecule has 1 heterocycles. The molecule has 1 atom stereocenters. The van der Waals surface area contributed by atoms with Gasteiger partial charge in [0.2, 0.25) is 11.7 Å². The molecule has 1 rings (SSSR count). The first-order chi connectivity index (χ1) is 7.90. The van der Waals surface area contributed by atoms with Gasteiger partial charge in [0.25, 0.3) is 5.91 Å². The smallest absolute Gasteiger partial charge is 0.326 e. The van der Waals surface area contributed by atoms with Crippen LogP contribution in [0.2, 0.25) is 0 Å². The summed E-state index contributed by atoms with van der Waals surface area (Å²) in [6.07, 6.45) is -0.492. The molecular weight excluding hydrogens is 230 g/mol. The third-order valence-corrected chi connectivity index (χ3v) is 1.86. The van der Waals surface area contributed by atoms with Crippen molar-refractivity contribution in [1.82, 2.24) is 10.5 Å². The molecule has 1 aromatic heterocycles. The molecule has 0 unspecified atom stereocenters. The summed E-state index contributed by atoms with van der Waals surface area (Å²) in [5.74, 6) is -3.07. The van der Waals surface area contributed by atoms with E-state index in [1.807, 2.05) is 0 Å². The number of hydrogen-bond acceptors (Lipinski definition) is 5. The fraction of sp³-hybridized carbons (Fsp3) is 0.333. The highest BCUT2D eigenvalue weighted by Crippen LogP contribution is 2.03. The first-order valence-electron chi connectivity index (χ1n) is 4.65. The summed E-state index contributed by atoms with van der Waals surface area (Å²) >= 11 is 0. The molecule has 0 fully saturated rings. The first kappa shape index (κ1) is 12.7. The number of nitrogens with one attached hydrogen (secondary N) is 1. The molecule has 0 bridgehead atoms. The third kappa shape index (κ3) is 3.59. The molecular formula is C9H11N3O5. The van der Waals surface area contributed by atoms with Crippen LogP contribution in [0.15, 0.2) is 10.6 Å². The van der Waals surface area contributed by atoms with Crippen molar-refractivity contribution in [2.24, 2.45) is 5.73 Å². The van der Waals surface area contributed by atoms with E-state index in [0.29, 0.717) is 5.69 Å². The topological polar surface area (TPSA) is 136 Å². The van der Waals surface area contributed by atoms with Gasteiger partial charge in [0.1, 0.15) is 6.04 Å². The number of rotatable bonds is 5. The van der Waals surface area contributed by atoms with Crippen LogP contribution in [0.5, 0.6) is 0 Å². The largest absolute Gasteiger partial charge is 0.480 e. The van der Waals surface area contributed by atoms with Gasteiger partial charge >= 0.3 is 5.97 Å². The van der Waals surface area contributed by atoms with Gasteiger partial charge in [0.15, 0.2) is 0 Å². The van der Waals surface area contributed by atoms with Gasteiger partial charge in [0.05, 0.1) is 12.1 Å². The number of carbonyl (C=O) groups excluding carboxylic acids is 2.